The molecule has 0 heterocycles. The van der Waals surface area contributed by atoms with E-state index in [1.165, 1.54) is 70.6 Å². The average Bonchev–Trinajstić information content (AvgIpc) is 2.43. The van der Waals surface area contributed by atoms with E-state index < -0.39 is 0 Å². The maximum atomic E-state index is 10.5. The number of carbonyl (C=O) groups is 1. The molecule has 2 N–H and O–H groups in total. The van der Waals surface area contributed by atoms with Gasteiger partial charge < -0.3 is 5.73 Å². The van der Waals surface area contributed by atoms with Crippen molar-refractivity contribution in [2.24, 2.45) is 5.73 Å². The fourth-order valence-electron chi connectivity index (χ4n) is 2.37. The topological polar surface area (TPSA) is 43.1 Å². The molecule has 1 amide bonds. The van der Waals surface area contributed by atoms with Crippen LogP contribution in [0.25, 0.3) is 0 Å². The van der Waals surface area contributed by atoms with Crippen molar-refractivity contribution in [2.75, 3.05) is 0 Å². The Balaban J connectivity index is 0. The molecule has 0 saturated heterocycles. The van der Waals surface area contributed by atoms with Gasteiger partial charge in [-0.3, -0.25) is 4.79 Å². The van der Waals surface area contributed by atoms with Crippen molar-refractivity contribution in [2.45, 2.75) is 96.8 Å². The van der Waals surface area contributed by atoms with Gasteiger partial charge in [-0.05, 0) is 32.1 Å². The minimum atomic E-state index is -0.164. The van der Waals surface area contributed by atoms with Gasteiger partial charge in [0.15, 0.2) is 0 Å². The van der Waals surface area contributed by atoms with Gasteiger partial charge >= 0.3 is 18.9 Å². The molecule has 0 aromatic carbocycles. The molecule has 0 aliphatic heterocycles. The SMILES string of the molecule is CCCCCCCC/C=C\CCCCCCCC(N)=O.[LiH]. The number of carbonyl (C=O) groups excluding carboxylic acids is 1. The summed E-state index contributed by atoms with van der Waals surface area (Å²) >= 11 is 0. The molecular formula is C18H36LiNO. The zero-order chi connectivity index (χ0) is 14.9. The predicted molar refractivity (Wildman–Crippen MR) is 95.8 cm³/mol. The van der Waals surface area contributed by atoms with Crippen LogP contribution in [0.1, 0.15) is 96.8 Å². The monoisotopic (exact) mass is 289 g/mol. The number of unbranched alkanes of at least 4 members (excludes halogenated alkanes) is 11. The van der Waals surface area contributed by atoms with E-state index in [4.69, 9.17) is 5.73 Å². The Morgan fingerprint density at radius 1 is 0.762 bits per heavy atom. The Hall–Kier alpha value is -0.193. The molecule has 120 valence electrons. The van der Waals surface area contributed by atoms with Crippen molar-refractivity contribution in [3.8, 4) is 0 Å². The summed E-state index contributed by atoms with van der Waals surface area (Å²) in [6.07, 6.45) is 21.9. The maximum absolute atomic E-state index is 10.5. The average molecular weight is 289 g/mol. The molecule has 0 spiro atoms. The molecule has 3 heteroatoms. The van der Waals surface area contributed by atoms with Crippen LogP contribution in [-0.2, 0) is 4.79 Å². The molecular weight excluding hydrogens is 253 g/mol. The second-order valence-corrected chi connectivity index (χ2v) is 5.80. The van der Waals surface area contributed by atoms with Crippen molar-refractivity contribution in [1.82, 2.24) is 0 Å². The Bertz CT molecular complexity index is 241. The van der Waals surface area contributed by atoms with E-state index in [9.17, 15) is 4.79 Å². The number of hydrogen-bond acceptors (Lipinski definition) is 1. The van der Waals surface area contributed by atoms with Gasteiger partial charge in [-0.2, -0.15) is 0 Å². The van der Waals surface area contributed by atoms with Crippen molar-refractivity contribution >= 4 is 24.8 Å². The van der Waals surface area contributed by atoms with E-state index in [2.05, 4.69) is 19.1 Å². The molecule has 2 nitrogen and oxygen atoms in total. The van der Waals surface area contributed by atoms with Gasteiger partial charge in [0.05, 0.1) is 0 Å². The van der Waals surface area contributed by atoms with E-state index in [-0.39, 0.29) is 24.8 Å². The summed E-state index contributed by atoms with van der Waals surface area (Å²) in [4.78, 5) is 10.5. The number of amides is 1. The normalized spacial score (nSPS) is 10.7. The summed E-state index contributed by atoms with van der Waals surface area (Å²) in [6.45, 7) is 2.26. The Labute approximate surface area is 144 Å². The predicted octanol–water partition coefficient (Wildman–Crippen LogP) is 4.86. The molecule has 0 rings (SSSR count). The van der Waals surface area contributed by atoms with Crippen LogP contribution < -0.4 is 5.73 Å². The fourth-order valence-corrected chi connectivity index (χ4v) is 2.37. The third-order valence-electron chi connectivity index (χ3n) is 3.68. The molecule has 0 aliphatic carbocycles. The van der Waals surface area contributed by atoms with E-state index in [1.807, 2.05) is 0 Å². The standard InChI is InChI=1S/C18H35NO.Li.H/c1-2-3-4-5-6-7-8-9-10-11-12-13-14-15-16-17-18(19)20;;/h9-10H,2-8,11-17H2,1H3,(H2,19,20);;/b10-9-;;. The summed E-state index contributed by atoms with van der Waals surface area (Å²) in [6, 6.07) is 0. The first-order valence-corrected chi connectivity index (χ1v) is 8.70. The number of primary amides is 1. The van der Waals surface area contributed by atoms with Gasteiger partial charge in [-0.1, -0.05) is 70.4 Å². The van der Waals surface area contributed by atoms with Crippen LogP contribution in [0.3, 0.4) is 0 Å². The zero-order valence-electron chi connectivity index (χ0n) is 13.5. The first-order valence-electron chi connectivity index (χ1n) is 8.70. The van der Waals surface area contributed by atoms with E-state index >= 15 is 0 Å². The molecule has 0 unspecified atom stereocenters. The minimum absolute atomic E-state index is 0. The van der Waals surface area contributed by atoms with Crippen LogP contribution >= 0.6 is 0 Å². The van der Waals surface area contributed by atoms with Gasteiger partial charge in [0.25, 0.3) is 0 Å². The van der Waals surface area contributed by atoms with E-state index in [0.29, 0.717) is 6.42 Å². The van der Waals surface area contributed by atoms with Crippen molar-refractivity contribution in [1.29, 1.82) is 0 Å². The fraction of sp³-hybridized carbons (Fsp3) is 0.833. The van der Waals surface area contributed by atoms with Crippen LogP contribution in [-0.4, -0.2) is 24.8 Å². The first kappa shape index (κ1) is 23.1. The van der Waals surface area contributed by atoms with Gasteiger partial charge in [-0.15, -0.1) is 0 Å². The molecule has 0 aromatic rings. The summed E-state index contributed by atoms with van der Waals surface area (Å²) in [5, 5.41) is 0. The van der Waals surface area contributed by atoms with Crippen LogP contribution in [0.2, 0.25) is 0 Å². The number of hydrogen-bond donors (Lipinski definition) is 1. The molecule has 0 atom stereocenters. The van der Waals surface area contributed by atoms with Gasteiger partial charge in [-0.25, -0.2) is 0 Å². The van der Waals surface area contributed by atoms with E-state index in [1.54, 1.807) is 0 Å². The number of nitrogens with two attached hydrogens (primary N) is 1. The first-order chi connectivity index (χ1) is 9.77. The summed E-state index contributed by atoms with van der Waals surface area (Å²) < 4.78 is 0. The summed E-state index contributed by atoms with van der Waals surface area (Å²) in [5.74, 6) is -0.164. The molecule has 0 aliphatic rings. The van der Waals surface area contributed by atoms with Crippen LogP contribution in [0.5, 0.6) is 0 Å². The second kappa shape index (κ2) is 19.8. The van der Waals surface area contributed by atoms with Crippen LogP contribution in [0.4, 0.5) is 0 Å². The van der Waals surface area contributed by atoms with Crippen LogP contribution in [0, 0.1) is 0 Å². The Kier molecular flexibility index (Phi) is 21.8. The third kappa shape index (κ3) is 22.2. The molecule has 0 fully saturated rings. The quantitative estimate of drug-likeness (QED) is 0.261. The van der Waals surface area contributed by atoms with Crippen molar-refractivity contribution in [3.63, 3.8) is 0 Å². The van der Waals surface area contributed by atoms with Gasteiger partial charge in [0, 0.05) is 6.42 Å². The number of rotatable bonds is 15. The molecule has 0 aromatic heterocycles. The van der Waals surface area contributed by atoms with Gasteiger partial charge in [0.2, 0.25) is 5.91 Å². The zero-order valence-corrected chi connectivity index (χ0v) is 13.5. The molecule has 0 saturated carbocycles. The summed E-state index contributed by atoms with van der Waals surface area (Å²) in [7, 11) is 0. The summed E-state index contributed by atoms with van der Waals surface area (Å²) in [5.41, 5.74) is 5.10. The second-order valence-electron chi connectivity index (χ2n) is 5.80. The van der Waals surface area contributed by atoms with Crippen LogP contribution in [0.15, 0.2) is 12.2 Å². The van der Waals surface area contributed by atoms with Gasteiger partial charge in [0.1, 0.15) is 0 Å². The van der Waals surface area contributed by atoms with Crippen molar-refractivity contribution in [3.05, 3.63) is 12.2 Å². The van der Waals surface area contributed by atoms with Crippen molar-refractivity contribution < 1.29 is 4.79 Å². The van der Waals surface area contributed by atoms with E-state index in [0.717, 1.165) is 12.8 Å². The Morgan fingerprint density at radius 3 is 1.67 bits per heavy atom. The molecule has 0 bridgehead atoms. The Morgan fingerprint density at radius 2 is 1.19 bits per heavy atom. The number of allylic oxidation sites excluding steroid dienone is 2. The molecule has 0 radical (unpaired) electrons. The third-order valence-corrected chi connectivity index (χ3v) is 3.68. The molecule has 21 heavy (non-hydrogen) atoms.